The normalized spacial score (nSPS) is 12.8. The molecule has 0 amide bonds. The molecule has 86 valence electrons. The van der Waals surface area contributed by atoms with Gasteiger partial charge in [0.1, 0.15) is 5.76 Å². The molecule has 0 aliphatic heterocycles. The predicted molar refractivity (Wildman–Crippen MR) is 61.9 cm³/mol. The number of nitrogens with zero attached hydrogens (tertiary/aromatic N) is 2. The van der Waals surface area contributed by atoms with Crippen LogP contribution in [-0.4, -0.2) is 15.8 Å². The Kier molecular flexibility index (Phi) is 3.77. The van der Waals surface area contributed by atoms with E-state index in [0.717, 1.165) is 25.3 Å². The zero-order chi connectivity index (χ0) is 11.2. The summed E-state index contributed by atoms with van der Waals surface area (Å²) in [5, 5.41) is 7.58. The lowest BCUT2D eigenvalue weighted by atomic mass is 10.2. The van der Waals surface area contributed by atoms with Crippen LogP contribution in [0.25, 0.3) is 0 Å². The standard InChI is InChI=1S/C12H17N3O/c1-11(5-8-15-7-3-6-14-15)13-10-12-4-2-9-16-12/h2-4,6-7,9,11,13H,5,8,10H2,1H3. The van der Waals surface area contributed by atoms with Crippen molar-refractivity contribution >= 4 is 0 Å². The molecule has 2 aromatic heterocycles. The number of hydrogen-bond acceptors (Lipinski definition) is 3. The van der Waals surface area contributed by atoms with Crippen molar-refractivity contribution in [2.24, 2.45) is 0 Å². The van der Waals surface area contributed by atoms with Crippen LogP contribution in [0, 0.1) is 0 Å². The molecule has 0 bridgehead atoms. The molecule has 0 saturated heterocycles. The lowest BCUT2D eigenvalue weighted by Crippen LogP contribution is -2.26. The highest BCUT2D eigenvalue weighted by Gasteiger charge is 2.03. The summed E-state index contributed by atoms with van der Waals surface area (Å²) in [6.45, 7) is 3.90. The maximum Gasteiger partial charge on any atom is 0.117 e. The van der Waals surface area contributed by atoms with Gasteiger partial charge in [-0.3, -0.25) is 4.68 Å². The second-order valence-corrected chi connectivity index (χ2v) is 3.92. The Balaban J connectivity index is 1.66. The average molecular weight is 219 g/mol. The molecule has 0 aliphatic rings. The first-order valence-electron chi connectivity index (χ1n) is 5.58. The highest BCUT2D eigenvalue weighted by atomic mass is 16.3. The van der Waals surface area contributed by atoms with Crippen molar-refractivity contribution in [1.82, 2.24) is 15.1 Å². The van der Waals surface area contributed by atoms with Gasteiger partial charge in [0.05, 0.1) is 12.8 Å². The zero-order valence-corrected chi connectivity index (χ0v) is 9.47. The van der Waals surface area contributed by atoms with Gasteiger partial charge in [0.25, 0.3) is 0 Å². The topological polar surface area (TPSA) is 43.0 Å². The number of hydrogen-bond donors (Lipinski definition) is 1. The second kappa shape index (κ2) is 5.51. The Morgan fingerprint density at radius 1 is 1.50 bits per heavy atom. The molecule has 1 N–H and O–H groups in total. The molecule has 0 radical (unpaired) electrons. The smallest absolute Gasteiger partial charge is 0.117 e. The van der Waals surface area contributed by atoms with Crippen LogP contribution in [0.15, 0.2) is 41.3 Å². The number of aromatic nitrogens is 2. The van der Waals surface area contributed by atoms with Gasteiger partial charge in [-0.1, -0.05) is 0 Å². The molecule has 1 unspecified atom stereocenters. The van der Waals surface area contributed by atoms with E-state index in [1.807, 2.05) is 29.1 Å². The summed E-state index contributed by atoms with van der Waals surface area (Å²) in [7, 11) is 0. The first kappa shape index (κ1) is 11.0. The van der Waals surface area contributed by atoms with Crippen molar-refractivity contribution in [2.75, 3.05) is 0 Å². The predicted octanol–water partition coefficient (Wildman–Crippen LogP) is 2.04. The highest BCUT2D eigenvalue weighted by molar-refractivity contribution is 4.97. The lowest BCUT2D eigenvalue weighted by molar-refractivity contribution is 0.421. The largest absolute Gasteiger partial charge is 0.468 e. The third kappa shape index (κ3) is 3.24. The zero-order valence-electron chi connectivity index (χ0n) is 9.47. The third-order valence-corrected chi connectivity index (χ3v) is 2.56. The van der Waals surface area contributed by atoms with Crippen molar-refractivity contribution in [2.45, 2.75) is 32.5 Å². The maximum atomic E-state index is 5.25. The second-order valence-electron chi connectivity index (χ2n) is 3.92. The third-order valence-electron chi connectivity index (χ3n) is 2.56. The van der Waals surface area contributed by atoms with Gasteiger partial charge < -0.3 is 9.73 Å². The maximum absolute atomic E-state index is 5.25. The van der Waals surface area contributed by atoms with Crippen LogP contribution in [-0.2, 0) is 13.1 Å². The summed E-state index contributed by atoms with van der Waals surface area (Å²) in [4.78, 5) is 0. The molecular formula is C12H17N3O. The van der Waals surface area contributed by atoms with Crippen LogP contribution in [0.2, 0.25) is 0 Å². The molecule has 0 aliphatic carbocycles. The van der Waals surface area contributed by atoms with Gasteiger partial charge in [0, 0.05) is 25.0 Å². The number of furan rings is 1. The first-order valence-corrected chi connectivity index (χ1v) is 5.58. The van der Waals surface area contributed by atoms with Crippen molar-refractivity contribution in [3.8, 4) is 0 Å². The molecule has 2 rings (SSSR count). The van der Waals surface area contributed by atoms with Gasteiger partial charge in [0.2, 0.25) is 0 Å². The van der Waals surface area contributed by atoms with E-state index in [9.17, 15) is 0 Å². The summed E-state index contributed by atoms with van der Waals surface area (Å²) in [6.07, 6.45) is 6.55. The average Bonchev–Trinajstić information content (AvgIpc) is 2.96. The van der Waals surface area contributed by atoms with Crippen LogP contribution < -0.4 is 5.32 Å². The Bertz CT molecular complexity index is 342. The van der Waals surface area contributed by atoms with E-state index in [1.54, 1.807) is 12.5 Å². The van der Waals surface area contributed by atoms with E-state index in [-0.39, 0.29) is 0 Å². The molecule has 0 fully saturated rings. The van der Waals surface area contributed by atoms with Gasteiger partial charge >= 0.3 is 0 Å². The SMILES string of the molecule is CC(CCn1cccn1)NCc1ccco1. The van der Waals surface area contributed by atoms with Gasteiger partial charge in [-0.25, -0.2) is 0 Å². The van der Waals surface area contributed by atoms with Crippen molar-refractivity contribution < 1.29 is 4.42 Å². The highest BCUT2D eigenvalue weighted by Crippen LogP contribution is 2.01. The summed E-state index contributed by atoms with van der Waals surface area (Å²) in [6, 6.07) is 6.29. The van der Waals surface area contributed by atoms with E-state index in [2.05, 4.69) is 17.3 Å². The molecule has 0 saturated carbocycles. The monoisotopic (exact) mass is 219 g/mol. The van der Waals surface area contributed by atoms with Crippen LogP contribution in [0.3, 0.4) is 0 Å². The minimum Gasteiger partial charge on any atom is -0.468 e. The van der Waals surface area contributed by atoms with Gasteiger partial charge in [-0.15, -0.1) is 0 Å². The van der Waals surface area contributed by atoms with Gasteiger partial charge in [0.15, 0.2) is 0 Å². The van der Waals surface area contributed by atoms with Gasteiger partial charge in [-0.2, -0.15) is 5.10 Å². The number of nitrogens with one attached hydrogen (secondary N) is 1. The summed E-state index contributed by atoms with van der Waals surface area (Å²) in [5.41, 5.74) is 0. The Morgan fingerprint density at radius 2 is 2.44 bits per heavy atom. The van der Waals surface area contributed by atoms with Crippen molar-refractivity contribution in [3.63, 3.8) is 0 Å². The fourth-order valence-corrected chi connectivity index (χ4v) is 1.55. The molecule has 2 aromatic rings. The number of rotatable bonds is 6. The fourth-order valence-electron chi connectivity index (χ4n) is 1.55. The molecule has 16 heavy (non-hydrogen) atoms. The first-order chi connectivity index (χ1) is 7.84. The van der Waals surface area contributed by atoms with Gasteiger partial charge in [-0.05, 0) is 31.5 Å². The summed E-state index contributed by atoms with van der Waals surface area (Å²) < 4.78 is 7.20. The fraction of sp³-hybridized carbons (Fsp3) is 0.417. The van der Waals surface area contributed by atoms with E-state index < -0.39 is 0 Å². The van der Waals surface area contributed by atoms with E-state index in [0.29, 0.717) is 6.04 Å². The van der Waals surface area contributed by atoms with Crippen LogP contribution in [0.5, 0.6) is 0 Å². The van der Waals surface area contributed by atoms with E-state index in [4.69, 9.17) is 4.42 Å². The van der Waals surface area contributed by atoms with Crippen LogP contribution >= 0.6 is 0 Å². The van der Waals surface area contributed by atoms with Crippen molar-refractivity contribution in [1.29, 1.82) is 0 Å². The minimum atomic E-state index is 0.453. The van der Waals surface area contributed by atoms with E-state index in [1.165, 1.54) is 0 Å². The lowest BCUT2D eigenvalue weighted by Gasteiger charge is -2.12. The Morgan fingerprint density at radius 3 is 3.12 bits per heavy atom. The minimum absolute atomic E-state index is 0.453. The molecule has 4 nitrogen and oxygen atoms in total. The van der Waals surface area contributed by atoms with Crippen LogP contribution in [0.1, 0.15) is 19.1 Å². The summed E-state index contributed by atoms with van der Waals surface area (Å²) >= 11 is 0. The Hall–Kier alpha value is -1.55. The molecule has 1 atom stereocenters. The quantitative estimate of drug-likeness (QED) is 0.808. The molecule has 0 aromatic carbocycles. The molecular weight excluding hydrogens is 202 g/mol. The van der Waals surface area contributed by atoms with Crippen molar-refractivity contribution in [3.05, 3.63) is 42.6 Å². The summed E-state index contributed by atoms with van der Waals surface area (Å²) in [5.74, 6) is 0.978. The molecule has 4 heteroatoms. The van der Waals surface area contributed by atoms with E-state index >= 15 is 0 Å². The van der Waals surface area contributed by atoms with Crippen LogP contribution in [0.4, 0.5) is 0 Å². The molecule has 2 heterocycles. The Labute approximate surface area is 95.3 Å². The molecule has 0 spiro atoms. The number of aryl methyl sites for hydroxylation is 1.